The van der Waals surface area contributed by atoms with Gasteiger partial charge in [-0.1, -0.05) is 11.8 Å². The SMILES string of the molecule is CNCC#Cc1ccc(C#N)cc1C(F)(F)F. The molecule has 0 bridgehead atoms. The van der Waals surface area contributed by atoms with Crippen LogP contribution in [0.1, 0.15) is 16.7 Å². The minimum absolute atomic E-state index is 0.0310. The van der Waals surface area contributed by atoms with Crippen molar-refractivity contribution in [3.05, 3.63) is 34.9 Å². The van der Waals surface area contributed by atoms with Crippen LogP contribution in [0.5, 0.6) is 0 Å². The van der Waals surface area contributed by atoms with Crippen LogP contribution >= 0.6 is 0 Å². The van der Waals surface area contributed by atoms with Crippen LogP contribution in [-0.2, 0) is 6.18 Å². The van der Waals surface area contributed by atoms with Gasteiger partial charge in [-0.05, 0) is 25.2 Å². The van der Waals surface area contributed by atoms with E-state index in [9.17, 15) is 13.2 Å². The first kappa shape index (κ1) is 13.1. The molecule has 0 unspecified atom stereocenters. The number of rotatable bonds is 1. The summed E-state index contributed by atoms with van der Waals surface area (Å²) in [5.74, 6) is 4.99. The van der Waals surface area contributed by atoms with E-state index in [0.717, 1.165) is 6.07 Å². The fraction of sp³-hybridized carbons (Fsp3) is 0.250. The minimum Gasteiger partial charge on any atom is -0.309 e. The van der Waals surface area contributed by atoms with Gasteiger partial charge in [-0.3, -0.25) is 0 Å². The largest absolute Gasteiger partial charge is 0.417 e. The second kappa shape index (κ2) is 5.38. The van der Waals surface area contributed by atoms with Crippen molar-refractivity contribution in [3.63, 3.8) is 0 Å². The standard InChI is InChI=1S/C12H9F3N2/c1-17-6-2-3-10-5-4-9(8-16)7-11(10)12(13,14)15/h4-5,7,17H,6H2,1H3. The molecule has 0 aliphatic carbocycles. The van der Waals surface area contributed by atoms with Crippen LogP contribution < -0.4 is 5.32 Å². The van der Waals surface area contributed by atoms with Crippen LogP contribution in [0.4, 0.5) is 13.2 Å². The van der Waals surface area contributed by atoms with Crippen LogP contribution in [0, 0.1) is 23.2 Å². The smallest absolute Gasteiger partial charge is 0.309 e. The highest BCUT2D eigenvalue weighted by Crippen LogP contribution is 2.32. The molecular weight excluding hydrogens is 229 g/mol. The Balaban J connectivity index is 3.23. The molecule has 1 rings (SSSR count). The quantitative estimate of drug-likeness (QED) is 0.761. The third-order valence-electron chi connectivity index (χ3n) is 1.94. The molecule has 2 nitrogen and oxygen atoms in total. The summed E-state index contributed by atoms with van der Waals surface area (Å²) < 4.78 is 38.0. The van der Waals surface area contributed by atoms with Gasteiger partial charge in [-0.15, -0.1) is 0 Å². The third-order valence-corrected chi connectivity index (χ3v) is 1.94. The van der Waals surface area contributed by atoms with E-state index < -0.39 is 11.7 Å². The van der Waals surface area contributed by atoms with E-state index in [0.29, 0.717) is 6.54 Å². The van der Waals surface area contributed by atoms with Gasteiger partial charge in [0.15, 0.2) is 0 Å². The number of nitrogens with one attached hydrogen (secondary N) is 1. The van der Waals surface area contributed by atoms with Gasteiger partial charge in [0.05, 0.1) is 23.7 Å². The van der Waals surface area contributed by atoms with Crippen molar-refractivity contribution in [2.45, 2.75) is 6.18 Å². The van der Waals surface area contributed by atoms with Gasteiger partial charge in [0.1, 0.15) is 0 Å². The van der Waals surface area contributed by atoms with Crippen molar-refractivity contribution in [2.75, 3.05) is 13.6 Å². The highest BCUT2D eigenvalue weighted by Gasteiger charge is 2.33. The maximum absolute atomic E-state index is 12.7. The Morgan fingerprint density at radius 1 is 1.35 bits per heavy atom. The monoisotopic (exact) mass is 238 g/mol. The Morgan fingerprint density at radius 3 is 2.59 bits per heavy atom. The molecule has 0 radical (unpaired) electrons. The van der Waals surface area contributed by atoms with Crippen molar-refractivity contribution < 1.29 is 13.2 Å². The van der Waals surface area contributed by atoms with Gasteiger partial charge in [0.2, 0.25) is 0 Å². The molecule has 1 aromatic rings. The van der Waals surface area contributed by atoms with Crippen LogP contribution in [0.2, 0.25) is 0 Å². The summed E-state index contributed by atoms with van der Waals surface area (Å²) in [6, 6.07) is 5.01. The van der Waals surface area contributed by atoms with Gasteiger partial charge in [-0.2, -0.15) is 18.4 Å². The van der Waals surface area contributed by atoms with Gasteiger partial charge >= 0.3 is 6.18 Å². The number of hydrogen-bond acceptors (Lipinski definition) is 2. The summed E-state index contributed by atoms with van der Waals surface area (Å²) in [4.78, 5) is 0. The molecule has 0 atom stereocenters. The Kier molecular flexibility index (Phi) is 4.14. The molecule has 88 valence electrons. The Hall–Kier alpha value is -1.98. The average molecular weight is 238 g/mol. The number of nitrogens with zero attached hydrogens (tertiary/aromatic N) is 1. The normalized spacial score (nSPS) is 10.3. The van der Waals surface area contributed by atoms with E-state index in [2.05, 4.69) is 17.2 Å². The predicted octanol–water partition coefficient (Wildman–Crippen LogP) is 2.15. The zero-order valence-corrected chi connectivity index (χ0v) is 9.02. The number of halogens is 3. The second-order valence-electron chi connectivity index (χ2n) is 3.20. The van der Waals surface area contributed by atoms with Crippen molar-refractivity contribution in [2.24, 2.45) is 0 Å². The molecule has 0 saturated heterocycles. The molecule has 1 N–H and O–H groups in total. The van der Waals surface area contributed by atoms with Crippen molar-refractivity contribution in [1.82, 2.24) is 5.32 Å². The minimum atomic E-state index is -4.50. The van der Waals surface area contributed by atoms with Crippen molar-refractivity contribution in [1.29, 1.82) is 5.26 Å². The first-order valence-electron chi connectivity index (χ1n) is 4.74. The molecule has 0 fully saturated rings. The summed E-state index contributed by atoms with van der Waals surface area (Å²) in [5.41, 5.74) is -1.02. The summed E-state index contributed by atoms with van der Waals surface area (Å²) in [7, 11) is 1.65. The number of alkyl halides is 3. The lowest BCUT2D eigenvalue weighted by Crippen LogP contribution is -2.09. The van der Waals surface area contributed by atoms with Gasteiger partial charge < -0.3 is 5.32 Å². The van der Waals surface area contributed by atoms with Crippen molar-refractivity contribution >= 4 is 0 Å². The van der Waals surface area contributed by atoms with Gasteiger partial charge in [0, 0.05) is 5.56 Å². The first-order valence-corrected chi connectivity index (χ1v) is 4.74. The lowest BCUT2D eigenvalue weighted by Gasteiger charge is -2.09. The van der Waals surface area contributed by atoms with E-state index in [-0.39, 0.29) is 11.1 Å². The molecule has 0 heterocycles. The van der Waals surface area contributed by atoms with Crippen LogP contribution in [-0.4, -0.2) is 13.6 Å². The number of benzene rings is 1. The molecule has 5 heteroatoms. The zero-order chi connectivity index (χ0) is 12.9. The molecule has 0 aliphatic rings. The maximum Gasteiger partial charge on any atom is 0.417 e. The fourth-order valence-corrected chi connectivity index (χ4v) is 1.19. The maximum atomic E-state index is 12.7. The lowest BCUT2D eigenvalue weighted by molar-refractivity contribution is -0.137. The highest BCUT2D eigenvalue weighted by atomic mass is 19.4. The summed E-state index contributed by atoms with van der Waals surface area (Å²) in [6.07, 6.45) is -4.50. The zero-order valence-electron chi connectivity index (χ0n) is 9.02. The fourth-order valence-electron chi connectivity index (χ4n) is 1.19. The number of nitriles is 1. The van der Waals surface area contributed by atoms with Gasteiger partial charge in [0.25, 0.3) is 0 Å². The van der Waals surface area contributed by atoms with Crippen LogP contribution in [0.3, 0.4) is 0 Å². The van der Waals surface area contributed by atoms with E-state index in [1.807, 2.05) is 0 Å². The molecule has 1 aromatic carbocycles. The molecule has 0 aliphatic heterocycles. The topological polar surface area (TPSA) is 35.8 Å². The summed E-state index contributed by atoms with van der Waals surface area (Å²) in [5, 5.41) is 11.3. The second-order valence-corrected chi connectivity index (χ2v) is 3.20. The molecule has 0 aromatic heterocycles. The molecule has 17 heavy (non-hydrogen) atoms. The van der Waals surface area contributed by atoms with E-state index in [1.54, 1.807) is 13.1 Å². The van der Waals surface area contributed by atoms with Gasteiger partial charge in [-0.25, -0.2) is 0 Å². The van der Waals surface area contributed by atoms with E-state index in [1.165, 1.54) is 12.1 Å². The Bertz CT molecular complexity index is 501. The van der Waals surface area contributed by atoms with E-state index >= 15 is 0 Å². The lowest BCUT2D eigenvalue weighted by atomic mass is 10.0. The number of hydrogen-bond donors (Lipinski definition) is 1. The molecular formula is C12H9F3N2. The predicted molar refractivity (Wildman–Crippen MR) is 57.0 cm³/mol. The molecule has 0 spiro atoms. The summed E-state index contributed by atoms with van der Waals surface area (Å²) >= 11 is 0. The third kappa shape index (κ3) is 3.51. The van der Waals surface area contributed by atoms with Crippen molar-refractivity contribution in [3.8, 4) is 17.9 Å². The Morgan fingerprint density at radius 2 is 2.06 bits per heavy atom. The molecule has 0 amide bonds. The van der Waals surface area contributed by atoms with Crippen LogP contribution in [0.25, 0.3) is 0 Å². The first-order chi connectivity index (χ1) is 7.99. The van der Waals surface area contributed by atoms with Crippen LogP contribution in [0.15, 0.2) is 18.2 Å². The van der Waals surface area contributed by atoms with E-state index in [4.69, 9.17) is 5.26 Å². The molecule has 0 saturated carbocycles. The highest BCUT2D eigenvalue weighted by molar-refractivity contribution is 5.47. The summed E-state index contributed by atoms with van der Waals surface area (Å²) in [6.45, 7) is 0.303. The Labute approximate surface area is 97.1 Å². The average Bonchev–Trinajstić information content (AvgIpc) is 2.28.